The summed E-state index contributed by atoms with van der Waals surface area (Å²) in [6.45, 7) is 2.04. The van der Waals surface area contributed by atoms with Crippen molar-refractivity contribution in [2.45, 2.75) is 0 Å². The second-order valence-corrected chi connectivity index (χ2v) is 5.12. The van der Waals surface area contributed by atoms with Crippen molar-refractivity contribution in [1.29, 1.82) is 0 Å². The van der Waals surface area contributed by atoms with E-state index in [1.54, 1.807) is 42.3 Å². The van der Waals surface area contributed by atoms with Crippen molar-refractivity contribution in [3.05, 3.63) is 46.5 Å². The van der Waals surface area contributed by atoms with E-state index in [1.807, 2.05) is 0 Å². The summed E-state index contributed by atoms with van der Waals surface area (Å²) >= 11 is 0. The van der Waals surface area contributed by atoms with E-state index in [0.717, 1.165) is 5.56 Å². The van der Waals surface area contributed by atoms with Crippen LogP contribution in [0.3, 0.4) is 0 Å². The minimum atomic E-state index is -0.546. The molecule has 0 unspecified atom stereocenters. The standard InChI is InChI=1S/C16H17N3O4/c1-22-12-4-2-11(3-5-12)13-10-14(18-16(21)17-13)15(20)19-6-8-23-9-7-19/h2-5,10H,6-9H2,1H3,(H,17,18,21). The molecular weight excluding hydrogens is 298 g/mol. The van der Waals surface area contributed by atoms with Gasteiger partial charge in [-0.05, 0) is 30.3 Å². The van der Waals surface area contributed by atoms with Crippen LogP contribution in [0.1, 0.15) is 10.5 Å². The normalized spacial score (nSPS) is 14.6. The highest BCUT2D eigenvalue weighted by molar-refractivity contribution is 5.93. The Labute approximate surface area is 132 Å². The third-order valence-electron chi connectivity index (χ3n) is 3.66. The number of carbonyl (C=O) groups excluding carboxylic acids is 1. The van der Waals surface area contributed by atoms with Gasteiger partial charge in [0.05, 0.1) is 26.0 Å². The zero-order valence-corrected chi connectivity index (χ0v) is 12.7. The van der Waals surface area contributed by atoms with Gasteiger partial charge in [-0.3, -0.25) is 4.79 Å². The second kappa shape index (κ2) is 6.62. The van der Waals surface area contributed by atoms with Gasteiger partial charge in [-0.25, -0.2) is 4.79 Å². The zero-order chi connectivity index (χ0) is 16.2. The fraction of sp³-hybridized carbons (Fsp3) is 0.312. The fourth-order valence-corrected chi connectivity index (χ4v) is 2.42. The number of ether oxygens (including phenoxy) is 2. The molecule has 2 aromatic rings. The Morgan fingerprint density at radius 1 is 1.26 bits per heavy atom. The molecule has 0 radical (unpaired) electrons. The monoisotopic (exact) mass is 315 g/mol. The summed E-state index contributed by atoms with van der Waals surface area (Å²) in [5.41, 5.74) is 0.883. The lowest BCUT2D eigenvalue weighted by Crippen LogP contribution is -2.41. The average Bonchev–Trinajstić information content (AvgIpc) is 2.61. The second-order valence-electron chi connectivity index (χ2n) is 5.12. The van der Waals surface area contributed by atoms with Gasteiger partial charge in [-0.1, -0.05) is 0 Å². The van der Waals surface area contributed by atoms with Crippen LogP contribution in [0, 0.1) is 0 Å². The Kier molecular flexibility index (Phi) is 4.38. The molecule has 0 aliphatic carbocycles. The van der Waals surface area contributed by atoms with Crippen molar-refractivity contribution in [2.75, 3.05) is 33.4 Å². The van der Waals surface area contributed by atoms with Crippen LogP contribution in [0.2, 0.25) is 0 Å². The molecule has 1 fully saturated rings. The number of carbonyl (C=O) groups is 1. The van der Waals surface area contributed by atoms with E-state index in [9.17, 15) is 9.59 Å². The van der Waals surface area contributed by atoms with Gasteiger partial charge < -0.3 is 19.4 Å². The number of hydrogen-bond donors (Lipinski definition) is 1. The van der Waals surface area contributed by atoms with Crippen LogP contribution in [0.5, 0.6) is 5.75 Å². The number of benzene rings is 1. The summed E-state index contributed by atoms with van der Waals surface area (Å²) in [7, 11) is 1.58. The van der Waals surface area contributed by atoms with Crippen LogP contribution in [-0.4, -0.2) is 54.2 Å². The number of H-pyrrole nitrogens is 1. The molecule has 1 saturated heterocycles. The third kappa shape index (κ3) is 3.40. The predicted molar refractivity (Wildman–Crippen MR) is 83.6 cm³/mol. The number of aromatic amines is 1. The van der Waals surface area contributed by atoms with Gasteiger partial charge in [0, 0.05) is 18.7 Å². The molecule has 1 N–H and O–H groups in total. The smallest absolute Gasteiger partial charge is 0.346 e. The maximum atomic E-state index is 12.5. The van der Waals surface area contributed by atoms with Gasteiger partial charge in [0.1, 0.15) is 11.4 Å². The van der Waals surface area contributed by atoms with E-state index >= 15 is 0 Å². The first-order valence-electron chi connectivity index (χ1n) is 7.30. The molecule has 23 heavy (non-hydrogen) atoms. The molecule has 0 spiro atoms. The molecule has 1 aliphatic rings. The number of methoxy groups -OCH3 is 1. The Hall–Kier alpha value is -2.67. The lowest BCUT2D eigenvalue weighted by Gasteiger charge is -2.26. The van der Waals surface area contributed by atoms with Crippen LogP contribution in [-0.2, 0) is 4.74 Å². The van der Waals surface area contributed by atoms with Crippen molar-refractivity contribution >= 4 is 5.91 Å². The van der Waals surface area contributed by atoms with Crippen LogP contribution >= 0.6 is 0 Å². The number of amides is 1. The van der Waals surface area contributed by atoms with Gasteiger partial charge in [0.2, 0.25) is 0 Å². The summed E-state index contributed by atoms with van der Waals surface area (Å²) in [6, 6.07) is 8.75. The summed E-state index contributed by atoms with van der Waals surface area (Å²) in [4.78, 5) is 32.4. The number of hydrogen-bond acceptors (Lipinski definition) is 5. The molecule has 1 aliphatic heterocycles. The molecule has 2 heterocycles. The van der Waals surface area contributed by atoms with E-state index < -0.39 is 5.69 Å². The molecule has 7 nitrogen and oxygen atoms in total. The van der Waals surface area contributed by atoms with E-state index in [-0.39, 0.29) is 11.6 Å². The molecule has 3 rings (SSSR count). The lowest BCUT2D eigenvalue weighted by atomic mass is 10.1. The Morgan fingerprint density at radius 3 is 2.61 bits per heavy atom. The molecule has 0 bridgehead atoms. The molecule has 7 heteroatoms. The summed E-state index contributed by atoms with van der Waals surface area (Å²) in [5.74, 6) is 0.491. The highest BCUT2D eigenvalue weighted by Gasteiger charge is 2.20. The number of rotatable bonds is 3. The summed E-state index contributed by atoms with van der Waals surface area (Å²) in [6.07, 6.45) is 0. The first kappa shape index (κ1) is 15.2. The number of nitrogens with one attached hydrogen (secondary N) is 1. The topological polar surface area (TPSA) is 84.5 Å². The fourth-order valence-electron chi connectivity index (χ4n) is 2.42. The number of aromatic nitrogens is 2. The lowest BCUT2D eigenvalue weighted by molar-refractivity contribution is 0.0298. The van der Waals surface area contributed by atoms with Gasteiger partial charge in [0.15, 0.2) is 0 Å². The first-order chi connectivity index (χ1) is 11.2. The van der Waals surface area contributed by atoms with Crippen LogP contribution < -0.4 is 10.4 Å². The average molecular weight is 315 g/mol. The summed E-state index contributed by atoms with van der Waals surface area (Å²) < 4.78 is 10.3. The van der Waals surface area contributed by atoms with Gasteiger partial charge in [-0.2, -0.15) is 4.98 Å². The van der Waals surface area contributed by atoms with Crippen molar-refractivity contribution in [1.82, 2.24) is 14.9 Å². The minimum Gasteiger partial charge on any atom is -0.497 e. The number of nitrogens with zero attached hydrogens (tertiary/aromatic N) is 2. The van der Waals surface area contributed by atoms with E-state index in [0.29, 0.717) is 37.7 Å². The van der Waals surface area contributed by atoms with Gasteiger partial charge in [0.25, 0.3) is 5.91 Å². The molecule has 1 amide bonds. The van der Waals surface area contributed by atoms with E-state index in [2.05, 4.69) is 9.97 Å². The van der Waals surface area contributed by atoms with Crippen molar-refractivity contribution < 1.29 is 14.3 Å². The minimum absolute atomic E-state index is 0.220. The van der Waals surface area contributed by atoms with Crippen molar-refractivity contribution in [3.63, 3.8) is 0 Å². The highest BCUT2D eigenvalue weighted by Crippen LogP contribution is 2.20. The molecule has 1 aromatic heterocycles. The zero-order valence-electron chi connectivity index (χ0n) is 12.7. The highest BCUT2D eigenvalue weighted by atomic mass is 16.5. The van der Waals surface area contributed by atoms with Crippen LogP contribution in [0.15, 0.2) is 35.1 Å². The molecule has 120 valence electrons. The Morgan fingerprint density at radius 2 is 1.96 bits per heavy atom. The van der Waals surface area contributed by atoms with Crippen LogP contribution in [0.25, 0.3) is 11.3 Å². The Bertz CT molecular complexity index is 749. The van der Waals surface area contributed by atoms with Gasteiger partial charge >= 0.3 is 5.69 Å². The third-order valence-corrected chi connectivity index (χ3v) is 3.66. The van der Waals surface area contributed by atoms with Crippen molar-refractivity contribution in [3.8, 4) is 17.0 Å². The van der Waals surface area contributed by atoms with Crippen molar-refractivity contribution in [2.24, 2.45) is 0 Å². The maximum Gasteiger partial charge on any atom is 0.346 e. The largest absolute Gasteiger partial charge is 0.497 e. The molecule has 0 atom stereocenters. The molecule has 0 saturated carbocycles. The van der Waals surface area contributed by atoms with Gasteiger partial charge in [-0.15, -0.1) is 0 Å². The SMILES string of the molecule is COc1ccc(-c2cc(C(=O)N3CCOCC3)[nH]c(=O)n2)cc1. The summed E-state index contributed by atoms with van der Waals surface area (Å²) in [5, 5.41) is 0. The Balaban J connectivity index is 1.91. The molecule has 1 aromatic carbocycles. The first-order valence-corrected chi connectivity index (χ1v) is 7.30. The maximum absolute atomic E-state index is 12.5. The predicted octanol–water partition coefficient (Wildman–Crippen LogP) is 0.918. The van der Waals surface area contributed by atoms with Crippen LogP contribution in [0.4, 0.5) is 0 Å². The quantitative estimate of drug-likeness (QED) is 0.910. The molecular formula is C16H17N3O4. The number of morpholine rings is 1. The van der Waals surface area contributed by atoms with E-state index in [4.69, 9.17) is 9.47 Å². The van der Waals surface area contributed by atoms with E-state index in [1.165, 1.54) is 0 Å².